The maximum Gasteiger partial charge on any atom is 0.305 e. The first-order chi connectivity index (χ1) is 29.0. The van der Waals surface area contributed by atoms with E-state index in [1.807, 2.05) is 0 Å². The Bertz CT molecular complexity index is 920. The first kappa shape index (κ1) is 57.3. The number of carbonyl (C=O) groups is 2. The Morgan fingerprint density at radius 2 is 0.797 bits per heavy atom. The molecule has 348 valence electrons. The van der Waals surface area contributed by atoms with Gasteiger partial charge in [0.05, 0.1) is 25.4 Å². The molecule has 0 radical (unpaired) electrons. The molecule has 0 heterocycles. The van der Waals surface area contributed by atoms with Gasteiger partial charge in [-0.3, -0.25) is 9.59 Å². The van der Waals surface area contributed by atoms with E-state index >= 15 is 0 Å². The Morgan fingerprint density at radius 1 is 0.458 bits per heavy atom. The third-order valence-corrected chi connectivity index (χ3v) is 12.0. The summed E-state index contributed by atoms with van der Waals surface area (Å²) in [6, 6.07) is -0.550. The molecule has 0 bridgehead atoms. The minimum Gasteiger partial charge on any atom is -0.466 e. The SMILES string of the molecule is CCCCCC/C=C\CCCCCCCC(=O)OCCCCCCCCCCC/C=C\CCCCCCCC(=O)NC(CO)C(O)CCCCCCCCCCCCC. The third-order valence-electron chi connectivity index (χ3n) is 12.0. The highest BCUT2D eigenvalue weighted by atomic mass is 16.5. The lowest BCUT2D eigenvalue weighted by Crippen LogP contribution is -2.45. The van der Waals surface area contributed by atoms with Crippen LogP contribution in [-0.2, 0) is 14.3 Å². The van der Waals surface area contributed by atoms with Crippen LogP contribution in [0, 0.1) is 0 Å². The second-order valence-electron chi connectivity index (χ2n) is 17.8. The van der Waals surface area contributed by atoms with Crippen LogP contribution in [0.1, 0.15) is 277 Å². The molecule has 0 spiro atoms. The lowest BCUT2D eigenvalue weighted by molar-refractivity contribution is -0.143. The van der Waals surface area contributed by atoms with Gasteiger partial charge in [0, 0.05) is 12.8 Å². The summed E-state index contributed by atoms with van der Waals surface area (Å²) in [7, 11) is 0. The highest BCUT2D eigenvalue weighted by Gasteiger charge is 2.20. The van der Waals surface area contributed by atoms with E-state index in [2.05, 4.69) is 43.5 Å². The molecule has 0 rings (SSSR count). The number of amides is 1. The van der Waals surface area contributed by atoms with Gasteiger partial charge in [-0.25, -0.2) is 0 Å². The summed E-state index contributed by atoms with van der Waals surface area (Å²) >= 11 is 0. The zero-order valence-corrected chi connectivity index (χ0v) is 39.5. The van der Waals surface area contributed by atoms with Crippen molar-refractivity contribution < 1.29 is 24.5 Å². The molecular formula is C53H101NO5. The number of carbonyl (C=O) groups excluding carboxylic acids is 2. The average molecular weight is 832 g/mol. The topological polar surface area (TPSA) is 95.9 Å². The van der Waals surface area contributed by atoms with Crippen LogP contribution in [0.2, 0.25) is 0 Å². The second kappa shape index (κ2) is 49.0. The molecule has 1 amide bonds. The van der Waals surface area contributed by atoms with Crippen molar-refractivity contribution in [1.29, 1.82) is 0 Å². The molecule has 2 unspecified atom stereocenters. The summed E-state index contributed by atoms with van der Waals surface area (Å²) in [5.41, 5.74) is 0. The van der Waals surface area contributed by atoms with E-state index < -0.39 is 12.1 Å². The van der Waals surface area contributed by atoms with E-state index in [-0.39, 0.29) is 18.5 Å². The number of aliphatic hydroxyl groups excluding tert-OH is 2. The summed E-state index contributed by atoms with van der Waals surface area (Å²) in [6.07, 6.45) is 57.2. The number of nitrogens with one attached hydrogen (secondary N) is 1. The highest BCUT2D eigenvalue weighted by molar-refractivity contribution is 5.76. The van der Waals surface area contributed by atoms with E-state index in [0.717, 1.165) is 57.8 Å². The number of aliphatic hydroxyl groups is 2. The summed E-state index contributed by atoms with van der Waals surface area (Å²) in [5, 5.41) is 23.1. The van der Waals surface area contributed by atoms with Crippen LogP contribution in [0.3, 0.4) is 0 Å². The van der Waals surface area contributed by atoms with Gasteiger partial charge in [-0.2, -0.15) is 0 Å². The first-order valence-electron chi connectivity index (χ1n) is 26.1. The van der Waals surface area contributed by atoms with E-state index in [0.29, 0.717) is 25.9 Å². The Morgan fingerprint density at radius 3 is 1.22 bits per heavy atom. The summed E-state index contributed by atoms with van der Waals surface area (Å²) in [5.74, 6) is -0.0575. The Labute approximate surface area is 367 Å². The lowest BCUT2D eigenvalue weighted by atomic mass is 10.0. The molecule has 59 heavy (non-hydrogen) atoms. The standard InChI is InChI=1S/C53H101NO5/c1-3-5-7-9-11-13-15-22-27-31-35-39-43-47-53(58)59-48-44-40-36-32-28-24-21-19-17-16-18-20-23-26-30-34-38-42-46-52(57)54-50(49-55)51(56)45-41-37-33-29-25-14-12-10-8-6-4-2/h13,15,18,20,50-51,55-56H,3-12,14,16-17,19,21-49H2,1-2H3,(H,54,57)/b15-13-,20-18-. The first-order valence-corrected chi connectivity index (χ1v) is 26.1. The van der Waals surface area contributed by atoms with Gasteiger partial charge in [0.1, 0.15) is 0 Å². The number of rotatable bonds is 48. The van der Waals surface area contributed by atoms with Crippen LogP contribution in [0.25, 0.3) is 0 Å². The molecule has 0 aromatic carbocycles. The molecular weight excluding hydrogens is 731 g/mol. The van der Waals surface area contributed by atoms with E-state index in [9.17, 15) is 19.8 Å². The fourth-order valence-electron chi connectivity index (χ4n) is 7.92. The smallest absolute Gasteiger partial charge is 0.305 e. The predicted molar refractivity (Wildman–Crippen MR) is 255 cm³/mol. The number of esters is 1. The summed E-state index contributed by atoms with van der Waals surface area (Å²) in [4.78, 5) is 24.4. The quantitative estimate of drug-likeness (QED) is 0.0322. The molecule has 2 atom stereocenters. The van der Waals surface area contributed by atoms with Gasteiger partial charge in [-0.05, 0) is 77.0 Å². The molecule has 3 N–H and O–H groups in total. The summed E-state index contributed by atoms with van der Waals surface area (Å²) in [6.45, 7) is 4.91. The van der Waals surface area contributed by atoms with Gasteiger partial charge >= 0.3 is 5.97 Å². The van der Waals surface area contributed by atoms with E-state index in [1.54, 1.807) is 0 Å². The number of ether oxygens (including phenoxy) is 1. The zero-order chi connectivity index (χ0) is 43.0. The number of hydrogen-bond donors (Lipinski definition) is 3. The van der Waals surface area contributed by atoms with Crippen LogP contribution in [0.4, 0.5) is 0 Å². The highest BCUT2D eigenvalue weighted by Crippen LogP contribution is 2.16. The van der Waals surface area contributed by atoms with Crippen molar-refractivity contribution in [2.24, 2.45) is 0 Å². The maximum atomic E-state index is 12.4. The Kier molecular flexibility index (Phi) is 47.6. The summed E-state index contributed by atoms with van der Waals surface area (Å²) < 4.78 is 5.45. The minimum atomic E-state index is -0.671. The fraction of sp³-hybridized carbons (Fsp3) is 0.887. The molecule has 0 saturated carbocycles. The second-order valence-corrected chi connectivity index (χ2v) is 17.8. The molecule has 6 heteroatoms. The van der Waals surface area contributed by atoms with E-state index in [4.69, 9.17) is 4.74 Å². The van der Waals surface area contributed by atoms with Crippen molar-refractivity contribution >= 4 is 11.9 Å². The fourth-order valence-corrected chi connectivity index (χ4v) is 7.92. The van der Waals surface area contributed by atoms with Crippen LogP contribution in [-0.4, -0.2) is 47.4 Å². The number of allylic oxidation sites excluding steroid dienone is 4. The lowest BCUT2D eigenvalue weighted by Gasteiger charge is -2.22. The molecule has 0 aliphatic carbocycles. The number of hydrogen-bond acceptors (Lipinski definition) is 5. The maximum absolute atomic E-state index is 12.4. The van der Waals surface area contributed by atoms with Gasteiger partial charge in [-0.1, -0.05) is 212 Å². The van der Waals surface area contributed by atoms with Gasteiger partial charge < -0.3 is 20.3 Å². The largest absolute Gasteiger partial charge is 0.466 e. The van der Waals surface area contributed by atoms with Crippen molar-refractivity contribution in [3.8, 4) is 0 Å². The van der Waals surface area contributed by atoms with Crippen LogP contribution >= 0.6 is 0 Å². The number of unbranched alkanes of at least 4 members (excludes halogenated alkanes) is 33. The van der Waals surface area contributed by atoms with Crippen LogP contribution in [0.15, 0.2) is 24.3 Å². The zero-order valence-electron chi connectivity index (χ0n) is 39.5. The van der Waals surface area contributed by atoms with Crippen molar-refractivity contribution in [3.05, 3.63) is 24.3 Å². The van der Waals surface area contributed by atoms with Crippen molar-refractivity contribution in [1.82, 2.24) is 5.32 Å². The molecule has 0 fully saturated rings. The predicted octanol–water partition coefficient (Wildman–Crippen LogP) is 15.5. The molecule has 0 aliphatic rings. The van der Waals surface area contributed by atoms with Crippen molar-refractivity contribution in [3.63, 3.8) is 0 Å². The van der Waals surface area contributed by atoms with Gasteiger partial charge in [0.15, 0.2) is 0 Å². The van der Waals surface area contributed by atoms with Crippen LogP contribution in [0.5, 0.6) is 0 Å². The molecule has 0 saturated heterocycles. The van der Waals surface area contributed by atoms with Crippen molar-refractivity contribution in [2.45, 2.75) is 289 Å². The average Bonchev–Trinajstić information content (AvgIpc) is 3.24. The molecule has 0 aromatic heterocycles. The minimum absolute atomic E-state index is 0.00667. The Balaban J connectivity index is 3.44. The van der Waals surface area contributed by atoms with E-state index in [1.165, 1.54) is 186 Å². The van der Waals surface area contributed by atoms with Gasteiger partial charge in [0.25, 0.3) is 0 Å². The van der Waals surface area contributed by atoms with Crippen LogP contribution < -0.4 is 5.32 Å². The third kappa shape index (κ3) is 45.7. The van der Waals surface area contributed by atoms with Gasteiger partial charge in [-0.15, -0.1) is 0 Å². The molecule has 0 aromatic rings. The van der Waals surface area contributed by atoms with Crippen molar-refractivity contribution in [2.75, 3.05) is 13.2 Å². The van der Waals surface area contributed by atoms with Gasteiger partial charge in [0.2, 0.25) is 5.91 Å². The Hall–Kier alpha value is -1.66. The monoisotopic (exact) mass is 832 g/mol. The molecule has 6 nitrogen and oxygen atoms in total. The normalized spacial score (nSPS) is 12.8. The molecule has 0 aliphatic heterocycles.